The van der Waals surface area contributed by atoms with Crippen LogP contribution in [0.2, 0.25) is 0 Å². The molecule has 1 amide bonds. The minimum absolute atomic E-state index is 0.211. The highest BCUT2D eigenvalue weighted by Gasteiger charge is 2.25. The molecule has 29 heavy (non-hydrogen) atoms. The van der Waals surface area contributed by atoms with Gasteiger partial charge in [0, 0.05) is 31.0 Å². The molecule has 5 rings (SSSR count). The minimum Gasteiger partial charge on any atom is -0.343 e. The lowest BCUT2D eigenvalue weighted by Crippen LogP contribution is -2.32. The maximum atomic E-state index is 12.5. The molecule has 0 unspecified atom stereocenters. The lowest BCUT2D eigenvalue weighted by Gasteiger charge is -2.20. The van der Waals surface area contributed by atoms with E-state index >= 15 is 0 Å². The molecule has 1 aromatic carbocycles. The average molecular weight is 394 g/mol. The summed E-state index contributed by atoms with van der Waals surface area (Å²) < 4.78 is 7.24. The molecule has 0 atom stereocenters. The zero-order valence-corrected chi connectivity index (χ0v) is 16.6. The number of aromatic nitrogens is 5. The van der Waals surface area contributed by atoms with E-state index in [1.165, 1.54) is 19.3 Å². The number of amides is 1. The van der Waals surface area contributed by atoms with E-state index < -0.39 is 0 Å². The second-order valence-corrected chi connectivity index (χ2v) is 8.15. The molecule has 3 aromatic rings. The Hall–Kier alpha value is -2.77. The van der Waals surface area contributed by atoms with Gasteiger partial charge < -0.3 is 9.42 Å². The van der Waals surface area contributed by atoms with Crippen molar-refractivity contribution in [3.8, 4) is 11.4 Å². The molecule has 1 saturated heterocycles. The third-order valence-corrected chi connectivity index (χ3v) is 6.16. The highest BCUT2D eigenvalue weighted by atomic mass is 16.5. The first-order valence-corrected chi connectivity index (χ1v) is 10.7. The fourth-order valence-electron chi connectivity index (χ4n) is 4.13. The number of carbonyl (C=O) groups excluding carboxylic acids is 1. The summed E-state index contributed by atoms with van der Waals surface area (Å²) in [5.41, 5.74) is 2.57. The first kappa shape index (κ1) is 18.3. The molecule has 2 fully saturated rings. The van der Waals surface area contributed by atoms with E-state index in [0.717, 1.165) is 61.3 Å². The van der Waals surface area contributed by atoms with Crippen LogP contribution in [0.25, 0.3) is 22.4 Å². The molecule has 8 heteroatoms. The van der Waals surface area contributed by atoms with Crippen LogP contribution in [-0.2, 0) is 11.3 Å². The van der Waals surface area contributed by atoms with Crippen molar-refractivity contribution in [1.82, 2.24) is 30.0 Å². The van der Waals surface area contributed by atoms with E-state index in [9.17, 15) is 4.79 Å². The predicted octanol–water partition coefficient (Wildman–Crippen LogP) is 3.54. The molecule has 152 valence electrons. The normalized spacial score (nSPS) is 18.0. The first-order valence-electron chi connectivity index (χ1n) is 10.7. The summed E-state index contributed by atoms with van der Waals surface area (Å²) in [6.45, 7) is 2.31. The molecule has 8 nitrogen and oxygen atoms in total. The van der Waals surface area contributed by atoms with Crippen LogP contribution in [0.5, 0.6) is 0 Å². The molecular weight excluding hydrogens is 368 g/mol. The number of nitrogens with zero attached hydrogens (tertiary/aromatic N) is 6. The van der Waals surface area contributed by atoms with Gasteiger partial charge in [-0.1, -0.05) is 29.6 Å². The summed E-state index contributed by atoms with van der Waals surface area (Å²) >= 11 is 0. The third kappa shape index (κ3) is 3.75. The highest BCUT2D eigenvalue weighted by molar-refractivity contribution is 5.80. The lowest BCUT2D eigenvalue weighted by molar-refractivity contribution is -0.131. The Labute approximate surface area is 169 Å². The van der Waals surface area contributed by atoms with Gasteiger partial charge in [-0.2, -0.15) is 4.98 Å². The maximum Gasteiger partial charge on any atom is 0.230 e. The van der Waals surface area contributed by atoms with Gasteiger partial charge in [0.2, 0.25) is 17.6 Å². The lowest BCUT2D eigenvalue weighted by atomic mass is 9.85. The number of aryl methyl sites for hydroxylation is 1. The van der Waals surface area contributed by atoms with E-state index in [1.54, 1.807) is 0 Å². The molecule has 2 aromatic heterocycles. The van der Waals surface area contributed by atoms with Gasteiger partial charge in [-0.3, -0.25) is 4.79 Å². The molecule has 3 heterocycles. The Morgan fingerprint density at radius 3 is 2.69 bits per heavy atom. The van der Waals surface area contributed by atoms with E-state index in [2.05, 4.69) is 20.5 Å². The zero-order chi connectivity index (χ0) is 19.6. The van der Waals surface area contributed by atoms with Crippen molar-refractivity contribution >= 4 is 16.9 Å². The van der Waals surface area contributed by atoms with Crippen molar-refractivity contribution in [2.24, 2.45) is 0 Å². The summed E-state index contributed by atoms with van der Waals surface area (Å²) in [5, 5.41) is 12.7. The summed E-state index contributed by atoms with van der Waals surface area (Å²) in [6.07, 6.45) is 8.62. The monoisotopic (exact) mass is 394 g/mol. The summed E-state index contributed by atoms with van der Waals surface area (Å²) in [5.74, 6) is 1.96. The van der Waals surface area contributed by atoms with Gasteiger partial charge in [0.05, 0.1) is 12.1 Å². The van der Waals surface area contributed by atoms with Crippen LogP contribution in [0.4, 0.5) is 0 Å². The number of rotatable bonds is 5. The molecule has 1 aliphatic carbocycles. The van der Waals surface area contributed by atoms with Gasteiger partial charge in [0.25, 0.3) is 0 Å². The number of benzene rings is 1. The van der Waals surface area contributed by atoms with Crippen molar-refractivity contribution in [1.29, 1.82) is 0 Å². The SMILES string of the molecule is O=C(CCn1nnc2cc(-c3noc(C4CCC4)n3)ccc21)N1CCCCCC1. The molecule has 1 saturated carbocycles. The van der Waals surface area contributed by atoms with E-state index in [1.807, 2.05) is 27.8 Å². The van der Waals surface area contributed by atoms with Gasteiger partial charge in [-0.25, -0.2) is 4.68 Å². The van der Waals surface area contributed by atoms with E-state index in [4.69, 9.17) is 4.52 Å². The van der Waals surface area contributed by atoms with Crippen LogP contribution < -0.4 is 0 Å². The van der Waals surface area contributed by atoms with Crippen LogP contribution in [0.1, 0.15) is 63.2 Å². The van der Waals surface area contributed by atoms with Crippen LogP contribution in [0.15, 0.2) is 22.7 Å². The van der Waals surface area contributed by atoms with E-state index in [0.29, 0.717) is 24.7 Å². The number of hydrogen-bond donors (Lipinski definition) is 0. The fraction of sp³-hybridized carbons (Fsp3) is 0.571. The van der Waals surface area contributed by atoms with Gasteiger partial charge in [0.1, 0.15) is 5.52 Å². The molecule has 0 bridgehead atoms. The predicted molar refractivity (Wildman–Crippen MR) is 107 cm³/mol. The number of fused-ring (bicyclic) bond motifs is 1. The Morgan fingerprint density at radius 2 is 1.93 bits per heavy atom. The molecular formula is C21H26N6O2. The average Bonchev–Trinajstić information content (AvgIpc) is 3.23. The number of carbonyl (C=O) groups is 1. The number of hydrogen-bond acceptors (Lipinski definition) is 6. The zero-order valence-electron chi connectivity index (χ0n) is 16.6. The first-order chi connectivity index (χ1) is 14.3. The van der Waals surface area contributed by atoms with Crippen molar-refractivity contribution in [3.05, 3.63) is 24.1 Å². The molecule has 1 aliphatic heterocycles. The summed E-state index contributed by atoms with van der Waals surface area (Å²) in [6, 6.07) is 5.87. The van der Waals surface area contributed by atoms with Crippen molar-refractivity contribution < 1.29 is 9.32 Å². The van der Waals surface area contributed by atoms with Crippen LogP contribution in [0, 0.1) is 0 Å². The van der Waals surface area contributed by atoms with Gasteiger partial charge in [0.15, 0.2) is 0 Å². The Morgan fingerprint density at radius 1 is 1.10 bits per heavy atom. The second-order valence-electron chi connectivity index (χ2n) is 8.15. The molecule has 0 radical (unpaired) electrons. The van der Waals surface area contributed by atoms with Crippen LogP contribution in [0.3, 0.4) is 0 Å². The third-order valence-electron chi connectivity index (χ3n) is 6.16. The van der Waals surface area contributed by atoms with Crippen LogP contribution >= 0.6 is 0 Å². The highest BCUT2D eigenvalue weighted by Crippen LogP contribution is 2.36. The molecule has 0 spiro atoms. The molecule has 2 aliphatic rings. The largest absolute Gasteiger partial charge is 0.343 e. The van der Waals surface area contributed by atoms with E-state index in [-0.39, 0.29) is 5.91 Å². The second kappa shape index (κ2) is 7.93. The Bertz CT molecular complexity index is 998. The Kier molecular flexibility index (Phi) is 4.99. The van der Waals surface area contributed by atoms with Crippen molar-refractivity contribution in [3.63, 3.8) is 0 Å². The van der Waals surface area contributed by atoms with Crippen molar-refractivity contribution in [2.45, 2.75) is 63.8 Å². The maximum absolute atomic E-state index is 12.5. The van der Waals surface area contributed by atoms with Crippen LogP contribution in [-0.4, -0.2) is 49.0 Å². The van der Waals surface area contributed by atoms with Gasteiger partial charge in [-0.05, 0) is 43.9 Å². The summed E-state index contributed by atoms with van der Waals surface area (Å²) in [4.78, 5) is 19.1. The van der Waals surface area contributed by atoms with Gasteiger partial charge in [-0.15, -0.1) is 5.10 Å². The van der Waals surface area contributed by atoms with Gasteiger partial charge >= 0.3 is 0 Å². The summed E-state index contributed by atoms with van der Waals surface area (Å²) in [7, 11) is 0. The fourth-order valence-corrected chi connectivity index (χ4v) is 4.13. The standard InChI is InChI=1S/C21H26N6O2/c28-19(26-11-3-1-2-4-12-26)10-13-27-18-9-8-16(14-17(18)23-25-27)20-22-21(29-24-20)15-6-5-7-15/h8-9,14-15H,1-7,10-13H2. The van der Waals surface area contributed by atoms with Crippen molar-refractivity contribution in [2.75, 3.05) is 13.1 Å². The number of likely N-dealkylation sites (tertiary alicyclic amines) is 1. The quantitative estimate of drug-likeness (QED) is 0.657. The smallest absolute Gasteiger partial charge is 0.230 e. The topological polar surface area (TPSA) is 89.9 Å². The Balaban J connectivity index is 1.27. The minimum atomic E-state index is 0.211. The molecule has 0 N–H and O–H groups in total.